The Morgan fingerprint density at radius 1 is 0.947 bits per heavy atom. The Morgan fingerprint density at radius 2 is 1.79 bits per heavy atom. The molecule has 0 amide bonds. The SMILES string of the molecule is Clc1cccc(Nc2ncc3ccc(Cl)cc3n2)c1. The minimum atomic E-state index is 0.511. The van der Waals surface area contributed by atoms with E-state index in [2.05, 4.69) is 15.3 Å². The molecule has 0 aliphatic rings. The van der Waals surface area contributed by atoms with Crippen molar-refractivity contribution in [2.45, 2.75) is 0 Å². The van der Waals surface area contributed by atoms with Gasteiger partial charge in [0.1, 0.15) is 0 Å². The quantitative estimate of drug-likeness (QED) is 0.744. The third-order valence-electron chi connectivity index (χ3n) is 2.63. The topological polar surface area (TPSA) is 37.8 Å². The van der Waals surface area contributed by atoms with Crippen molar-refractivity contribution in [1.29, 1.82) is 0 Å². The fourth-order valence-electron chi connectivity index (χ4n) is 1.75. The summed E-state index contributed by atoms with van der Waals surface area (Å²) in [5, 5.41) is 5.37. The van der Waals surface area contributed by atoms with E-state index in [-0.39, 0.29) is 0 Å². The number of rotatable bonds is 2. The lowest BCUT2D eigenvalue weighted by molar-refractivity contribution is 1.21. The van der Waals surface area contributed by atoms with Crippen molar-refractivity contribution in [3.8, 4) is 0 Å². The summed E-state index contributed by atoms with van der Waals surface area (Å²) < 4.78 is 0. The van der Waals surface area contributed by atoms with Gasteiger partial charge in [-0.25, -0.2) is 9.97 Å². The molecule has 3 rings (SSSR count). The van der Waals surface area contributed by atoms with E-state index < -0.39 is 0 Å². The molecule has 2 aromatic carbocycles. The number of hydrogen-bond donors (Lipinski definition) is 1. The van der Waals surface area contributed by atoms with Crippen molar-refractivity contribution in [2.24, 2.45) is 0 Å². The van der Waals surface area contributed by atoms with E-state index in [9.17, 15) is 0 Å². The summed E-state index contributed by atoms with van der Waals surface area (Å²) in [6.07, 6.45) is 1.76. The van der Waals surface area contributed by atoms with E-state index in [1.807, 2.05) is 42.5 Å². The average molecular weight is 290 g/mol. The second kappa shape index (κ2) is 5.03. The number of nitrogens with zero attached hydrogens (tertiary/aromatic N) is 2. The molecular formula is C14H9Cl2N3. The molecule has 19 heavy (non-hydrogen) atoms. The van der Waals surface area contributed by atoms with Crippen LogP contribution in [0.5, 0.6) is 0 Å². The second-order valence-corrected chi connectivity index (χ2v) is 4.90. The lowest BCUT2D eigenvalue weighted by Crippen LogP contribution is -1.96. The van der Waals surface area contributed by atoms with E-state index in [0.717, 1.165) is 16.6 Å². The second-order valence-electron chi connectivity index (χ2n) is 4.03. The Balaban J connectivity index is 1.97. The molecule has 0 unspecified atom stereocenters. The van der Waals surface area contributed by atoms with Crippen LogP contribution >= 0.6 is 23.2 Å². The van der Waals surface area contributed by atoms with E-state index in [4.69, 9.17) is 23.2 Å². The molecule has 0 bridgehead atoms. The number of hydrogen-bond acceptors (Lipinski definition) is 3. The largest absolute Gasteiger partial charge is 0.324 e. The van der Waals surface area contributed by atoms with Crippen molar-refractivity contribution in [3.63, 3.8) is 0 Å². The summed E-state index contributed by atoms with van der Waals surface area (Å²) in [4.78, 5) is 8.66. The van der Waals surface area contributed by atoms with Crippen LogP contribution in [0.3, 0.4) is 0 Å². The molecule has 0 aliphatic heterocycles. The Morgan fingerprint density at radius 3 is 2.63 bits per heavy atom. The van der Waals surface area contributed by atoms with Gasteiger partial charge in [0, 0.05) is 27.3 Å². The first-order chi connectivity index (χ1) is 9.20. The van der Waals surface area contributed by atoms with Crippen LogP contribution in [0.1, 0.15) is 0 Å². The molecule has 0 saturated heterocycles. The first-order valence-corrected chi connectivity index (χ1v) is 6.41. The Hall–Kier alpha value is -1.84. The summed E-state index contributed by atoms with van der Waals surface area (Å²) >= 11 is 11.9. The molecule has 5 heteroatoms. The summed E-state index contributed by atoms with van der Waals surface area (Å²) in [7, 11) is 0. The summed E-state index contributed by atoms with van der Waals surface area (Å²) in [6, 6.07) is 12.9. The van der Waals surface area contributed by atoms with Gasteiger partial charge in [0.25, 0.3) is 0 Å². The molecule has 1 heterocycles. The van der Waals surface area contributed by atoms with Gasteiger partial charge in [0.2, 0.25) is 5.95 Å². The fourth-order valence-corrected chi connectivity index (χ4v) is 2.11. The molecule has 0 saturated carbocycles. The highest BCUT2D eigenvalue weighted by molar-refractivity contribution is 6.31. The lowest BCUT2D eigenvalue weighted by atomic mass is 10.2. The van der Waals surface area contributed by atoms with E-state index in [1.54, 1.807) is 6.20 Å². The highest BCUT2D eigenvalue weighted by Crippen LogP contribution is 2.21. The standard InChI is InChI=1S/C14H9Cl2N3/c15-10-2-1-3-12(6-10)18-14-17-8-9-4-5-11(16)7-13(9)19-14/h1-8H,(H,17,18,19). The van der Waals surface area contributed by atoms with Crippen molar-refractivity contribution in [1.82, 2.24) is 9.97 Å². The van der Waals surface area contributed by atoms with Crippen molar-refractivity contribution >= 4 is 45.7 Å². The van der Waals surface area contributed by atoms with Crippen molar-refractivity contribution in [2.75, 3.05) is 5.32 Å². The molecule has 0 fully saturated rings. The number of aromatic nitrogens is 2. The van der Waals surface area contributed by atoms with Gasteiger partial charge in [0.15, 0.2) is 0 Å². The third kappa shape index (κ3) is 2.78. The molecule has 0 radical (unpaired) electrons. The number of nitrogens with one attached hydrogen (secondary N) is 1. The Bertz CT molecular complexity index is 744. The van der Waals surface area contributed by atoms with Crippen LogP contribution in [0, 0.1) is 0 Å². The molecule has 1 N–H and O–H groups in total. The number of benzene rings is 2. The van der Waals surface area contributed by atoms with Gasteiger partial charge in [0.05, 0.1) is 5.52 Å². The van der Waals surface area contributed by atoms with Gasteiger partial charge in [-0.15, -0.1) is 0 Å². The van der Waals surface area contributed by atoms with Crippen LogP contribution in [0.15, 0.2) is 48.7 Å². The van der Waals surface area contributed by atoms with Gasteiger partial charge in [-0.3, -0.25) is 0 Å². The highest BCUT2D eigenvalue weighted by atomic mass is 35.5. The summed E-state index contributed by atoms with van der Waals surface area (Å²) in [5.74, 6) is 0.511. The van der Waals surface area contributed by atoms with Crippen molar-refractivity contribution < 1.29 is 0 Å². The maximum Gasteiger partial charge on any atom is 0.227 e. The highest BCUT2D eigenvalue weighted by Gasteiger charge is 2.02. The molecule has 3 aromatic rings. The normalized spacial score (nSPS) is 10.6. The predicted octanol–water partition coefficient (Wildman–Crippen LogP) is 4.68. The molecule has 3 nitrogen and oxygen atoms in total. The summed E-state index contributed by atoms with van der Waals surface area (Å²) in [6.45, 7) is 0. The van der Waals surface area contributed by atoms with Crippen LogP contribution in [0.25, 0.3) is 10.9 Å². The van der Waals surface area contributed by atoms with Crippen LogP contribution in [-0.4, -0.2) is 9.97 Å². The first-order valence-electron chi connectivity index (χ1n) is 5.66. The van der Waals surface area contributed by atoms with Gasteiger partial charge in [-0.1, -0.05) is 29.3 Å². The van der Waals surface area contributed by atoms with Crippen molar-refractivity contribution in [3.05, 3.63) is 58.7 Å². The summed E-state index contributed by atoms with van der Waals surface area (Å²) in [5.41, 5.74) is 1.64. The fraction of sp³-hybridized carbons (Fsp3) is 0. The van der Waals surface area contributed by atoms with E-state index in [1.165, 1.54) is 0 Å². The smallest absolute Gasteiger partial charge is 0.227 e. The van der Waals surface area contributed by atoms with E-state index in [0.29, 0.717) is 16.0 Å². The molecule has 0 spiro atoms. The zero-order chi connectivity index (χ0) is 13.2. The van der Waals surface area contributed by atoms with Gasteiger partial charge in [-0.05, 0) is 36.4 Å². The Labute approximate surface area is 120 Å². The molecule has 94 valence electrons. The molecule has 0 aliphatic carbocycles. The minimum Gasteiger partial charge on any atom is -0.324 e. The van der Waals surface area contributed by atoms with Gasteiger partial charge < -0.3 is 5.32 Å². The zero-order valence-corrected chi connectivity index (χ0v) is 11.3. The number of anilines is 2. The lowest BCUT2D eigenvalue weighted by Gasteiger charge is -2.06. The third-order valence-corrected chi connectivity index (χ3v) is 3.10. The predicted molar refractivity (Wildman–Crippen MR) is 79.3 cm³/mol. The number of halogens is 2. The van der Waals surface area contributed by atoms with Crippen LogP contribution in [0.4, 0.5) is 11.6 Å². The monoisotopic (exact) mass is 289 g/mol. The Kier molecular flexibility index (Phi) is 3.23. The maximum atomic E-state index is 5.95. The van der Waals surface area contributed by atoms with Gasteiger partial charge in [-0.2, -0.15) is 0 Å². The van der Waals surface area contributed by atoms with Crippen LogP contribution in [-0.2, 0) is 0 Å². The maximum absolute atomic E-state index is 5.95. The van der Waals surface area contributed by atoms with Crippen LogP contribution < -0.4 is 5.32 Å². The number of fused-ring (bicyclic) bond motifs is 1. The van der Waals surface area contributed by atoms with E-state index >= 15 is 0 Å². The van der Waals surface area contributed by atoms with Gasteiger partial charge >= 0.3 is 0 Å². The van der Waals surface area contributed by atoms with Crippen LogP contribution in [0.2, 0.25) is 10.0 Å². The first kappa shape index (κ1) is 12.2. The molecular weight excluding hydrogens is 281 g/mol. The zero-order valence-electron chi connectivity index (χ0n) is 9.77. The minimum absolute atomic E-state index is 0.511. The molecule has 1 aromatic heterocycles. The average Bonchev–Trinajstić information content (AvgIpc) is 2.38. The molecule has 0 atom stereocenters.